The van der Waals surface area contributed by atoms with Crippen molar-refractivity contribution in [1.29, 1.82) is 0 Å². The lowest BCUT2D eigenvalue weighted by Crippen LogP contribution is -2.16. The third-order valence-corrected chi connectivity index (χ3v) is 6.33. The van der Waals surface area contributed by atoms with Gasteiger partial charge in [-0.3, -0.25) is 4.98 Å². The number of para-hydroxylation sites is 1. The van der Waals surface area contributed by atoms with Gasteiger partial charge < -0.3 is 4.57 Å². The van der Waals surface area contributed by atoms with Crippen molar-refractivity contribution in [1.82, 2.24) is 24.5 Å². The lowest BCUT2D eigenvalue weighted by Gasteiger charge is -2.23. The highest BCUT2D eigenvalue weighted by molar-refractivity contribution is 6.07. The second-order valence-electron chi connectivity index (χ2n) is 8.66. The summed E-state index contributed by atoms with van der Waals surface area (Å²) in [5.41, 5.74) is 6.69. The molecule has 0 saturated carbocycles. The number of nitrogens with zero attached hydrogens (tertiary/aromatic N) is 5. The molecule has 0 N–H and O–H groups in total. The van der Waals surface area contributed by atoms with Crippen LogP contribution in [0.2, 0.25) is 0 Å². The van der Waals surface area contributed by atoms with Crippen molar-refractivity contribution < 1.29 is 13.2 Å². The van der Waals surface area contributed by atoms with E-state index in [2.05, 4.69) is 10.3 Å². The molecule has 174 valence electrons. The van der Waals surface area contributed by atoms with Gasteiger partial charge in [-0.25, -0.2) is 4.68 Å². The minimum Gasteiger partial charge on any atom is -0.331 e. The van der Waals surface area contributed by atoms with E-state index in [9.17, 15) is 13.2 Å². The Morgan fingerprint density at radius 1 is 1.00 bits per heavy atom. The Kier molecular flexibility index (Phi) is 5.38. The molecular weight excluding hydrogens is 439 g/mol. The maximum absolute atomic E-state index is 13.4. The molecule has 0 bridgehead atoms. The van der Waals surface area contributed by atoms with Gasteiger partial charge in [0.05, 0.1) is 34.0 Å². The fourth-order valence-electron chi connectivity index (χ4n) is 4.86. The molecule has 5 nitrogen and oxygen atoms in total. The van der Waals surface area contributed by atoms with Gasteiger partial charge >= 0.3 is 6.18 Å². The first-order valence-electron chi connectivity index (χ1n) is 11.1. The molecule has 0 saturated heterocycles. The Labute approximate surface area is 194 Å². The summed E-state index contributed by atoms with van der Waals surface area (Å²) in [6.45, 7) is 3.86. The molecule has 0 unspecified atom stereocenters. The zero-order chi connectivity index (χ0) is 24.0. The number of alkyl halides is 3. The Balaban J connectivity index is 1.82. The molecule has 0 aliphatic rings. The number of aryl methyl sites for hydroxylation is 3. The van der Waals surface area contributed by atoms with Crippen molar-refractivity contribution in [2.45, 2.75) is 38.9 Å². The third kappa shape index (κ3) is 3.83. The van der Waals surface area contributed by atoms with E-state index in [0.717, 1.165) is 50.0 Å². The van der Waals surface area contributed by atoms with Gasteiger partial charge in [-0.1, -0.05) is 53.7 Å². The van der Waals surface area contributed by atoms with Crippen molar-refractivity contribution in [2.75, 3.05) is 0 Å². The molecule has 0 fully saturated rings. The zero-order valence-electron chi connectivity index (χ0n) is 19.1. The zero-order valence-corrected chi connectivity index (χ0v) is 19.1. The summed E-state index contributed by atoms with van der Waals surface area (Å²) in [5.74, 6) is 0. The van der Waals surface area contributed by atoms with Gasteiger partial charge in [-0.05, 0) is 37.5 Å². The van der Waals surface area contributed by atoms with Crippen LogP contribution in [0.1, 0.15) is 35.7 Å². The number of benzene rings is 2. The van der Waals surface area contributed by atoms with Crippen LogP contribution in [0, 0.1) is 13.8 Å². The van der Waals surface area contributed by atoms with Crippen molar-refractivity contribution in [2.24, 2.45) is 7.05 Å². The molecule has 3 aromatic heterocycles. The Bertz CT molecular complexity index is 1460. The number of aromatic nitrogens is 5. The Hall–Kier alpha value is -3.68. The summed E-state index contributed by atoms with van der Waals surface area (Å²) in [6, 6.07) is 16.8. The quantitative estimate of drug-likeness (QED) is 0.298. The molecule has 0 amide bonds. The monoisotopic (exact) mass is 463 g/mol. The van der Waals surface area contributed by atoms with E-state index in [1.807, 2.05) is 80.1 Å². The molecule has 8 heteroatoms. The highest BCUT2D eigenvalue weighted by atomic mass is 19.4. The predicted molar refractivity (Wildman–Crippen MR) is 127 cm³/mol. The molecule has 3 heterocycles. The minimum absolute atomic E-state index is 0.0722. The van der Waals surface area contributed by atoms with E-state index >= 15 is 0 Å². The molecule has 5 rings (SSSR count). The standard InChI is InChI=1S/C26H24F3N5/c1-16-8-7-11-20-23-22(14-19(15-30-23)25-17(2)31-32-33(25)3)34(24(16)20)21(12-13-26(27,28)29)18-9-5-4-6-10-18/h4-11,14-15,21H,12-13H2,1-3H3/t21-/m0/s1. The number of halogens is 3. The van der Waals surface area contributed by atoms with Crippen LogP contribution in [-0.4, -0.2) is 30.7 Å². The normalized spacial score (nSPS) is 13.1. The largest absolute Gasteiger partial charge is 0.389 e. The number of rotatable bonds is 5. The van der Waals surface area contributed by atoms with Gasteiger partial charge in [0.25, 0.3) is 0 Å². The summed E-state index contributed by atoms with van der Waals surface area (Å²) >= 11 is 0. The average molecular weight is 464 g/mol. The van der Waals surface area contributed by atoms with Crippen molar-refractivity contribution in [3.8, 4) is 11.3 Å². The summed E-state index contributed by atoms with van der Waals surface area (Å²) in [5, 5.41) is 9.17. The smallest absolute Gasteiger partial charge is 0.331 e. The topological polar surface area (TPSA) is 48.5 Å². The number of fused-ring (bicyclic) bond motifs is 3. The summed E-state index contributed by atoms with van der Waals surface area (Å²) in [6.07, 6.45) is -3.41. The van der Waals surface area contributed by atoms with Crippen LogP contribution in [0.25, 0.3) is 33.2 Å². The van der Waals surface area contributed by atoms with Crippen LogP contribution in [0.5, 0.6) is 0 Å². The predicted octanol–water partition coefficient (Wildman–Crippen LogP) is 6.53. The Morgan fingerprint density at radius 2 is 1.76 bits per heavy atom. The molecule has 0 spiro atoms. The van der Waals surface area contributed by atoms with Gasteiger partial charge in [0.2, 0.25) is 0 Å². The fourth-order valence-corrected chi connectivity index (χ4v) is 4.86. The van der Waals surface area contributed by atoms with Gasteiger partial charge in [0.15, 0.2) is 0 Å². The third-order valence-electron chi connectivity index (χ3n) is 6.33. The lowest BCUT2D eigenvalue weighted by molar-refractivity contribution is -0.136. The van der Waals surface area contributed by atoms with Crippen molar-refractivity contribution in [3.63, 3.8) is 0 Å². The van der Waals surface area contributed by atoms with Crippen LogP contribution >= 0.6 is 0 Å². The van der Waals surface area contributed by atoms with E-state index in [1.54, 1.807) is 10.9 Å². The lowest BCUT2D eigenvalue weighted by atomic mass is 10.0. The second-order valence-corrected chi connectivity index (χ2v) is 8.66. The molecule has 0 aliphatic heterocycles. The van der Waals surface area contributed by atoms with E-state index < -0.39 is 18.6 Å². The SMILES string of the molecule is Cc1nnn(C)c1-c1cnc2c3cccc(C)c3n([C@@H](CCC(F)(F)F)c3ccccc3)c2c1. The van der Waals surface area contributed by atoms with Gasteiger partial charge in [-0.15, -0.1) is 5.10 Å². The molecule has 5 aromatic rings. The molecule has 0 aliphatic carbocycles. The molecule has 1 atom stereocenters. The minimum atomic E-state index is -4.25. The summed E-state index contributed by atoms with van der Waals surface area (Å²) in [7, 11) is 1.81. The Morgan fingerprint density at radius 3 is 2.44 bits per heavy atom. The highest BCUT2D eigenvalue weighted by Gasteiger charge is 2.31. The van der Waals surface area contributed by atoms with Crippen LogP contribution in [0.3, 0.4) is 0 Å². The van der Waals surface area contributed by atoms with Crippen LogP contribution in [0.4, 0.5) is 13.2 Å². The number of hydrogen-bond donors (Lipinski definition) is 0. The van der Waals surface area contributed by atoms with E-state index in [1.165, 1.54) is 0 Å². The maximum atomic E-state index is 13.4. The summed E-state index contributed by atoms with van der Waals surface area (Å²) in [4.78, 5) is 4.78. The molecular formula is C26H24F3N5. The van der Waals surface area contributed by atoms with Crippen LogP contribution < -0.4 is 0 Å². The van der Waals surface area contributed by atoms with Gasteiger partial charge in [0.1, 0.15) is 0 Å². The molecule has 2 aromatic carbocycles. The highest BCUT2D eigenvalue weighted by Crippen LogP contribution is 2.39. The first kappa shape index (κ1) is 22.1. The molecule has 34 heavy (non-hydrogen) atoms. The maximum Gasteiger partial charge on any atom is 0.389 e. The van der Waals surface area contributed by atoms with Crippen LogP contribution in [0.15, 0.2) is 60.8 Å². The fraction of sp³-hybridized carbons (Fsp3) is 0.269. The van der Waals surface area contributed by atoms with E-state index in [4.69, 9.17) is 4.98 Å². The van der Waals surface area contributed by atoms with Crippen molar-refractivity contribution >= 4 is 21.9 Å². The summed E-state index contributed by atoms with van der Waals surface area (Å²) < 4.78 is 43.9. The van der Waals surface area contributed by atoms with Gasteiger partial charge in [0, 0.05) is 30.6 Å². The first-order valence-corrected chi connectivity index (χ1v) is 11.1. The number of pyridine rings is 1. The average Bonchev–Trinajstić information content (AvgIpc) is 3.31. The molecule has 0 radical (unpaired) electrons. The van der Waals surface area contributed by atoms with Crippen molar-refractivity contribution in [3.05, 3.63) is 77.6 Å². The van der Waals surface area contributed by atoms with E-state index in [0.29, 0.717) is 0 Å². The van der Waals surface area contributed by atoms with E-state index in [-0.39, 0.29) is 6.42 Å². The number of hydrogen-bond acceptors (Lipinski definition) is 3. The van der Waals surface area contributed by atoms with Crippen LogP contribution in [-0.2, 0) is 7.05 Å². The van der Waals surface area contributed by atoms with Gasteiger partial charge in [-0.2, -0.15) is 13.2 Å². The second kappa shape index (κ2) is 8.27. The first-order chi connectivity index (χ1) is 16.2.